The van der Waals surface area contributed by atoms with Crippen molar-refractivity contribution in [3.63, 3.8) is 0 Å². The molecule has 0 saturated carbocycles. The Morgan fingerprint density at radius 1 is 1.19 bits per heavy atom. The summed E-state index contributed by atoms with van der Waals surface area (Å²) < 4.78 is 31.7. The van der Waals surface area contributed by atoms with Crippen molar-refractivity contribution < 1.29 is 27.9 Å². The molecule has 8 nitrogen and oxygen atoms in total. The van der Waals surface area contributed by atoms with E-state index in [4.69, 9.17) is 9.90 Å². The van der Waals surface area contributed by atoms with Gasteiger partial charge in [-0.15, -0.1) is 0 Å². The molecule has 0 saturated heterocycles. The SMILES string of the molecule is Cc1cc(-c2ncc[nH]2)ccc1NC(=O)c1ccc(CN(C)C)[nH]1.O=C(O)C(F)(F)F. The number of amides is 1. The highest BCUT2D eigenvalue weighted by atomic mass is 19.4. The second-order valence-corrected chi connectivity index (χ2v) is 6.86. The number of carbonyl (C=O) groups excluding carboxylic acids is 1. The maximum Gasteiger partial charge on any atom is 0.490 e. The highest BCUT2D eigenvalue weighted by Crippen LogP contribution is 2.23. The molecule has 1 aromatic carbocycles. The third-order valence-corrected chi connectivity index (χ3v) is 3.97. The number of aliphatic carboxylic acids is 1. The lowest BCUT2D eigenvalue weighted by Gasteiger charge is -2.09. The van der Waals surface area contributed by atoms with Gasteiger partial charge in [-0.05, 0) is 56.9 Å². The van der Waals surface area contributed by atoms with E-state index in [-0.39, 0.29) is 5.91 Å². The largest absolute Gasteiger partial charge is 0.490 e. The molecule has 0 spiro atoms. The van der Waals surface area contributed by atoms with Gasteiger partial charge in [-0.1, -0.05) is 0 Å². The van der Waals surface area contributed by atoms with E-state index < -0.39 is 12.1 Å². The Hall–Kier alpha value is -3.60. The summed E-state index contributed by atoms with van der Waals surface area (Å²) in [5, 5.41) is 10.1. The third kappa shape index (κ3) is 7.00. The average Bonchev–Trinajstić information content (AvgIpc) is 3.34. The Kier molecular flexibility index (Phi) is 7.59. The van der Waals surface area contributed by atoms with Crippen LogP contribution in [-0.4, -0.2) is 57.1 Å². The van der Waals surface area contributed by atoms with E-state index in [1.165, 1.54) is 0 Å². The van der Waals surface area contributed by atoms with E-state index in [0.717, 1.165) is 34.9 Å². The van der Waals surface area contributed by atoms with Gasteiger partial charge in [0, 0.05) is 35.9 Å². The van der Waals surface area contributed by atoms with E-state index in [9.17, 15) is 18.0 Å². The smallest absolute Gasteiger partial charge is 0.475 e. The summed E-state index contributed by atoms with van der Waals surface area (Å²) >= 11 is 0. The van der Waals surface area contributed by atoms with Gasteiger partial charge in [0.05, 0.1) is 0 Å². The van der Waals surface area contributed by atoms with Crippen LogP contribution in [0.5, 0.6) is 0 Å². The van der Waals surface area contributed by atoms with Crippen LogP contribution in [0, 0.1) is 6.92 Å². The molecule has 0 radical (unpaired) electrons. The molecule has 0 aliphatic rings. The quantitative estimate of drug-likeness (QED) is 0.487. The topological polar surface area (TPSA) is 114 Å². The molecule has 0 aliphatic heterocycles. The van der Waals surface area contributed by atoms with Gasteiger partial charge in [-0.2, -0.15) is 13.2 Å². The van der Waals surface area contributed by atoms with Crippen LogP contribution >= 0.6 is 0 Å². The number of hydrogen-bond donors (Lipinski definition) is 4. The second-order valence-electron chi connectivity index (χ2n) is 6.86. The number of anilines is 1. The molecule has 4 N–H and O–H groups in total. The Labute approximate surface area is 176 Å². The number of nitrogens with one attached hydrogen (secondary N) is 3. The molecule has 0 fully saturated rings. The van der Waals surface area contributed by atoms with Crippen LogP contribution in [0.2, 0.25) is 0 Å². The minimum atomic E-state index is -5.08. The number of carboxylic acid groups (broad SMARTS) is 1. The van der Waals surface area contributed by atoms with E-state index in [0.29, 0.717) is 5.69 Å². The van der Waals surface area contributed by atoms with Crippen molar-refractivity contribution in [2.75, 3.05) is 19.4 Å². The van der Waals surface area contributed by atoms with Gasteiger partial charge in [0.25, 0.3) is 5.91 Å². The summed E-state index contributed by atoms with van der Waals surface area (Å²) in [5.41, 5.74) is 4.33. The maximum atomic E-state index is 12.4. The summed E-state index contributed by atoms with van der Waals surface area (Å²) in [5.74, 6) is -2.09. The van der Waals surface area contributed by atoms with Crippen LogP contribution in [0.25, 0.3) is 11.4 Å². The molecule has 31 heavy (non-hydrogen) atoms. The number of carbonyl (C=O) groups is 2. The van der Waals surface area contributed by atoms with Gasteiger partial charge in [-0.25, -0.2) is 9.78 Å². The minimum Gasteiger partial charge on any atom is -0.475 e. The molecular formula is C20H22F3N5O3. The highest BCUT2D eigenvalue weighted by Gasteiger charge is 2.38. The van der Waals surface area contributed by atoms with Crippen molar-refractivity contribution in [1.82, 2.24) is 19.9 Å². The first-order chi connectivity index (χ1) is 14.5. The number of nitrogens with zero attached hydrogens (tertiary/aromatic N) is 2. The first-order valence-electron chi connectivity index (χ1n) is 9.02. The zero-order chi connectivity index (χ0) is 23.2. The molecule has 166 valence electrons. The van der Waals surface area contributed by atoms with Crippen molar-refractivity contribution in [2.24, 2.45) is 0 Å². The van der Waals surface area contributed by atoms with E-state index in [2.05, 4.69) is 20.3 Å². The van der Waals surface area contributed by atoms with Gasteiger partial charge >= 0.3 is 12.1 Å². The number of imidazole rings is 1. The van der Waals surface area contributed by atoms with Crippen LogP contribution in [0.1, 0.15) is 21.7 Å². The fourth-order valence-electron chi connectivity index (χ4n) is 2.57. The fourth-order valence-corrected chi connectivity index (χ4v) is 2.57. The molecular weight excluding hydrogens is 415 g/mol. The van der Waals surface area contributed by atoms with Crippen LogP contribution in [0.15, 0.2) is 42.7 Å². The highest BCUT2D eigenvalue weighted by molar-refractivity contribution is 6.03. The number of carboxylic acids is 1. The summed E-state index contributed by atoms with van der Waals surface area (Å²) in [7, 11) is 3.98. The number of rotatable bonds is 5. The summed E-state index contributed by atoms with van der Waals surface area (Å²) in [6.07, 6.45) is -1.58. The molecule has 0 aliphatic carbocycles. The predicted octanol–water partition coefficient (Wildman–Crippen LogP) is 3.66. The van der Waals surface area contributed by atoms with Crippen molar-refractivity contribution in [3.8, 4) is 11.4 Å². The Morgan fingerprint density at radius 3 is 2.39 bits per heavy atom. The molecule has 3 rings (SSSR count). The summed E-state index contributed by atoms with van der Waals surface area (Å²) in [6.45, 7) is 2.73. The van der Waals surface area contributed by atoms with E-state index in [1.807, 2.05) is 50.2 Å². The number of alkyl halides is 3. The monoisotopic (exact) mass is 437 g/mol. The second kappa shape index (κ2) is 9.94. The first kappa shape index (κ1) is 23.7. The van der Waals surface area contributed by atoms with Crippen LogP contribution < -0.4 is 5.32 Å². The normalized spacial score (nSPS) is 11.1. The molecule has 3 aromatic rings. The molecule has 0 unspecified atom stereocenters. The Bertz CT molecular complexity index is 1030. The standard InChI is InChI=1S/C18H21N5O.C2HF3O2/c1-12-10-13(17-19-8-9-20-17)4-6-15(12)22-18(24)16-7-5-14(21-16)11-23(2)3;3-2(4,5)1(6)7/h4-10,21H,11H2,1-3H3,(H,19,20)(H,22,24);(H,6,7). The van der Waals surface area contributed by atoms with Crippen LogP contribution in [0.3, 0.4) is 0 Å². The van der Waals surface area contributed by atoms with E-state index >= 15 is 0 Å². The number of H-pyrrole nitrogens is 2. The number of halogens is 3. The number of aryl methyl sites for hydroxylation is 1. The van der Waals surface area contributed by atoms with Crippen molar-refractivity contribution in [3.05, 3.63) is 59.7 Å². The third-order valence-electron chi connectivity index (χ3n) is 3.97. The molecule has 0 bridgehead atoms. The fraction of sp³-hybridized carbons (Fsp3) is 0.250. The number of aromatic amines is 2. The zero-order valence-electron chi connectivity index (χ0n) is 17.0. The molecule has 2 heterocycles. The summed E-state index contributed by atoms with van der Waals surface area (Å²) in [6, 6.07) is 9.57. The lowest BCUT2D eigenvalue weighted by Crippen LogP contribution is -2.21. The molecule has 11 heteroatoms. The molecule has 1 amide bonds. The van der Waals surface area contributed by atoms with Gasteiger partial charge < -0.3 is 25.3 Å². The van der Waals surface area contributed by atoms with Crippen molar-refractivity contribution >= 4 is 17.6 Å². The molecule has 0 atom stereocenters. The lowest BCUT2D eigenvalue weighted by atomic mass is 10.1. The molecule has 2 aromatic heterocycles. The zero-order valence-corrected chi connectivity index (χ0v) is 17.0. The minimum absolute atomic E-state index is 0.145. The number of aromatic nitrogens is 3. The maximum absolute atomic E-state index is 12.4. The Balaban J connectivity index is 0.000000423. The van der Waals surface area contributed by atoms with Gasteiger partial charge in [0.15, 0.2) is 0 Å². The van der Waals surface area contributed by atoms with Gasteiger partial charge in [0.2, 0.25) is 0 Å². The summed E-state index contributed by atoms with van der Waals surface area (Å²) in [4.78, 5) is 33.8. The van der Waals surface area contributed by atoms with Gasteiger partial charge in [-0.3, -0.25) is 4.79 Å². The first-order valence-corrected chi connectivity index (χ1v) is 9.02. The predicted molar refractivity (Wildman–Crippen MR) is 109 cm³/mol. The Morgan fingerprint density at radius 2 is 1.87 bits per heavy atom. The van der Waals surface area contributed by atoms with Gasteiger partial charge in [0.1, 0.15) is 11.5 Å². The number of hydrogen-bond acceptors (Lipinski definition) is 4. The van der Waals surface area contributed by atoms with Crippen LogP contribution in [0.4, 0.5) is 18.9 Å². The van der Waals surface area contributed by atoms with Crippen molar-refractivity contribution in [2.45, 2.75) is 19.6 Å². The van der Waals surface area contributed by atoms with Crippen molar-refractivity contribution in [1.29, 1.82) is 0 Å². The average molecular weight is 437 g/mol. The number of benzene rings is 1. The van der Waals surface area contributed by atoms with E-state index in [1.54, 1.807) is 18.5 Å². The lowest BCUT2D eigenvalue weighted by molar-refractivity contribution is -0.192. The van der Waals surface area contributed by atoms with Crippen LogP contribution in [-0.2, 0) is 11.3 Å².